The zero-order valence-electron chi connectivity index (χ0n) is 15.5. The number of para-hydroxylation sites is 1. The molecule has 0 aliphatic carbocycles. The van der Waals surface area contributed by atoms with Crippen molar-refractivity contribution in [2.75, 3.05) is 44.7 Å². The van der Waals surface area contributed by atoms with Gasteiger partial charge in [-0.05, 0) is 57.5 Å². The first-order chi connectivity index (χ1) is 12.0. The van der Waals surface area contributed by atoms with Gasteiger partial charge in [0.25, 0.3) is 0 Å². The molecule has 5 nitrogen and oxygen atoms in total. The zero-order chi connectivity index (χ0) is 17.8. The second-order valence-corrected chi connectivity index (χ2v) is 7.71. The van der Waals surface area contributed by atoms with Gasteiger partial charge >= 0.3 is 0 Å². The van der Waals surface area contributed by atoms with E-state index in [0.29, 0.717) is 13.1 Å². The lowest BCUT2D eigenvalue weighted by Gasteiger charge is -2.33. The molecule has 3 rings (SSSR count). The van der Waals surface area contributed by atoms with Crippen LogP contribution in [0.1, 0.15) is 26.2 Å². The topological polar surface area (TPSA) is 47.0 Å². The van der Waals surface area contributed by atoms with E-state index in [1.54, 1.807) is 0 Å². The molecule has 0 saturated carbocycles. The van der Waals surface area contributed by atoms with E-state index in [0.717, 1.165) is 37.7 Å². The molecule has 2 aliphatic heterocycles. The van der Waals surface area contributed by atoms with Gasteiger partial charge in [-0.25, -0.2) is 0 Å². The Balaban J connectivity index is 1.49. The number of rotatable bonds is 6. The van der Waals surface area contributed by atoms with Crippen molar-refractivity contribution in [1.82, 2.24) is 9.80 Å². The van der Waals surface area contributed by atoms with Gasteiger partial charge < -0.3 is 14.9 Å². The van der Waals surface area contributed by atoms with E-state index in [9.17, 15) is 9.90 Å². The molecule has 2 saturated heterocycles. The number of aliphatic hydroxyl groups excluding tert-OH is 1. The van der Waals surface area contributed by atoms with E-state index >= 15 is 0 Å². The van der Waals surface area contributed by atoms with Crippen molar-refractivity contribution in [3.05, 3.63) is 30.3 Å². The highest BCUT2D eigenvalue weighted by molar-refractivity contribution is 5.99. The van der Waals surface area contributed by atoms with Crippen molar-refractivity contribution in [3.8, 4) is 0 Å². The summed E-state index contributed by atoms with van der Waals surface area (Å²) in [7, 11) is 1.96. The average Bonchev–Trinajstić information content (AvgIpc) is 2.99. The summed E-state index contributed by atoms with van der Waals surface area (Å²) < 4.78 is 0. The molecule has 2 fully saturated rings. The van der Waals surface area contributed by atoms with Crippen molar-refractivity contribution in [3.63, 3.8) is 0 Å². The lowest BCUT2D eigenvalue weighted by molar-refractivity contribution is -0.121. The SMILES string of the molecule is CC1CCN(CC(O)CN(C)C2CCN(c3ccccc3)C2=O)CC1. The minimum absolute atomic E-state index is 0.128. The molecule has 0 bridgehead atoms. The maximum atomic E-state index is 12.7. The van der Waals surface area contributed by atoms with E-state index in [2.05, 4.69) is 11.8 Å². The Hall–Kier alpha value is -1.43. The van der Waals surface area contributed by atoms with Gasteiger partial charge in [-0.2, -0.15) is 0 Å². The van der Waals surface area contributed by atoms with Crippen LogP contribution in [0.4, 0.5) is 5.69 Å². The summed E-state index contributed by atoms with van der Waals surface area (Å²) in [5.74, 6) is 0.948. The number of carbonyl (C=O) groups excluding carboxylic acids is 1. The second-order valence-electron chi connectivity index (χ2n) is 7.71. The van der Waals surface area contributed by atoms with Crippen LogP contribution in [-0.2, 0) is 4.79 Å². The Morgan fingerprint density at radius 3 is 2.52 bits per heavy atom. The van der Waals surface area contributed by atoms with Gasteiger partial charge in [-0.1, -0.05) is 25.1 Å². The molecule has 2 heterocycles. The highest BCUT2D eigenvalue weighted by Gasteiger charge is 2.35. The van der Waals surface area contributed by atoms with Crippen LogP contribution in [0.15, 0.2) is 30.3 Å². The molecule has 2 unspecified atom stereocenters. The molecule has 1 aromatic rings. The smallest absolute Gasteiger partial charge is 0.244 e. The lowest BCUT2D eigenvalue weighted by Crippen LogP contribution is -2.46. The largest absolute Gasteiger partial charge is 0.390 e. The first-order valence-corrected chi connectivity index (χ1v) is 9.51. The maximum Gasteiger partial charge on any atom is 0.244 e. The predicted molar refractivity (Wildman–Crippen MR) is 101 cm³/mol. The number of aliphatic hydroxyl groups is 1. The Morgan fingerprint density at radius 1 is 1.16 bits per heavy atom. The van der Waals surface area contributed by atoms with Crippen LogP contribution in [0.2, 0.25) is 0 Å². The van der Waals surface area contributed by atoms with Crippen molar-refractivity contribution in [1.29, 1.82) is 0 Å². The van der Waals surface area contributed by atoms with Gasteiger partial charge in [0.05, 0.1) is 12.1 Å². The Labute approximate surface area is 151 Å². The number of amides is 1. The van der Waals surface area contributed by atoms with E-state index in [1.807, 2.05) is 47.2 Å². The van der Waals surface area contributed by atoms with E-state index in [4.69, 9.17) is 0 Å². The van der Waals surface area contributed by atoms with E-state index in [1.165, 1.54) is 12.8 Å². The number of hydrogen-bond donors (Lipinski definition) is 1. The van der Waals surface area contributed by atoms with Gasteiger partial charge in [-0.15, -0.1) is 0 Å². The fourth-order valence-corrected chi connectivity index (χ4v) is 4.00. The van der Waals surface area contributed by atoms with Crippen LogP contribution in [0.3, 0.4) is 0 Å². The first-order valence-electron chi connectivity index (χ1n) is 9.51. The van der Waals surface area contributed by atoms with Crippen LogP contribution >= 0.6 is 0 Å². The number of benzene rings is 1. The third-order valence-electron chi connectivity index (χ3n) is 5.62. The number of anilines is 1. The molecule has 25 heavy (non-hydrogen) atoms. The standard InChI is InChI=1S/C20H31N3O2/c1-16-8-11-22(12-9-16)15-18(24)14-21(2)19-10-13-23(20(19)25)17-6-4-3-5-7-17/h3-7,16,18-19,24H,8-15H2,1-2H3. The summed E-state index contributed by atoms with van der Waals surface area (Å²) in [6, 6.07) is 9.71. The molecule has 2 aliphatic rings. The summed E-state index contributed by atoms with van der Waals surface area (Å²) in [5.41, 5.74) is 0.964. The molecule has 1 N–H and O–H groups in total. The monoisotopic (exact) mass is 345 g/mol. The second kappa shape index (κ2) is 8.30. The van der Waals surface area contributed by atoms with Crippen molar-refractivity contribution < 1.29 is 9.90 Å². The Kier molecular flexibility index (Phi) is 6.10. The summed E-state index contributed by atoms with van der Waals surface area (Å²) in [4.78, 5) is 19.0. The third-order valence-corrected chi connectivity index (χ3v) is 5.62. The van der Waals surface area contributed by atoms with Gasteiger partial charge in [0.2, 0.25) is 5.91 Å². The fourth-order valence-electron chi connectivity index (χ4n) is 4.00. The molecule has 1 aromatic carbocycles. The number of piperidine rings is 1. The molecule has 0 spiro atoms. The van der Waals surface area contributed by atoms with Crippen molar-refractivity contribution in [2.45, 2.75) is 38.3 Å². The summed E-state index contributed by atoms with van der Waals surface area (Å²) in [6.07, 6.45) is 2.85. The molecule has 1 amide bonds. The number of likely N-dealkylation sites (N-methyl/N-ethyl adjacent to an activating group) is 1. The molecule has 0 aromatic heterocycles. The molecule has 138 valence electrons. The summed E-state index contributed by atoms with van der Waals surface area (Å²) in [6.45, 7) is 6.45. The van der Waals surface area contributed by atoms with Crippen LogP contribution in [0.5, 0.6) is 0 Å². The molecule has 0 radical (unpaired) electrons. The first kappa shape index (κ1) is 18.4. The van der Waals surface area contributed by atoms with E-state index < -0.39 is 6.10 Å². The zero-order valence-corrected chi connectivity index (χ0v) is 15.5. The predicted octanol–water partition coefficient (Wildman–Crippen LogP) is 1.82. The summed E-state index contributed by atoms with van der Waals surface area (Å²) in [5, 5.41) is 10.5. The Bertz CT molecular complexity index is 557. The van der Waals surface area contributed by atoms with Crippen LogP contribution in [0.25, 0.3) is 0 Å². The molecular weight excluding hydrogens is 314 g/mol. The highest BCUT2D eigenvalue weighted by Crippen LogP contribution is 2.24. The maximum absolute atomic E-state index is 12.7. The number of nitrogens with zero attached hydrogens (tertiary/aromatic N) is 3. The average molecular weight is 345 g/mol. The van der Waals surface area contributed by atoms with Gasteiger partial charge in [0, 0.05) is 25.3 Å². The number of hydrogen-bond acceptors (Lipinski definition) is 4. The van der Waals surface area contributed by atoms with Gasteiger partial charge in [0.15, 0.2) is 0 Å². The van der Waals surface area contributed by atoms with Crippen LogP contribution in [0, 0.1) is 5.92 Å². The summed E-state index contributed by atoms with van der Waals surface area (Å²) >= 11 is 0. The highest BCUT2D eigenvalue weighted by atomic mass is 16.3. The van der Waals surface area contributed by atoms with Crippen LogP contribution < -0.4 is 4.90 Å². The normalized spacial score (nSPS) is 24.2. The minimum Gasteiger partial charge on any atom is -0.390 e. The van der Waals surface area contributed by atoms with Crippen molar-refractivity contribution in [2.24, 2.45) is 5.92 Å². The molecule has 2 atom stereocenters. The number of likely N-dealkylation sites (tertiary alicyclic amines) is 1. The van der Waals surface area contributed by atoms with E-state index in [-0.39, 0.29) is 11.9 Å². The fraction of sp³-hybridized carbons (Fsp3) is 0.650. The molecule has 5 heteroatoms. The quantitative estimate of drug-likeness (QED) is 0.854. The number of carbonyl (C=O) groups is 1. The molecular formula is C20H31N3O2. The Morgan fingerprint density at radius 2 is 1.84 bits per heavy atom. The lowest BCUT2D eigenvalue weighted by atomic mass is 9.99. The third kappa shape index (κ3) is 4.60. The van der Waals surface area contributed by atoms with Crippen molar-refractivity contribution >= 4 is 11.6 Å². The van der Waals surface area contributed by atoms with Gasteiger partial charge in [-0.3, -0.25) is 9.69 Å². The van der Waals surface area contributed by atoms with Crippen LogP contribution in [-0.4, -0.2) is 72.7 Å². The number of β-amino-alcohol motifs (C(OH)–C–C–N with tert-alkyl or cyclic N) is 1. The van der Waals surface area contributed by atoms with Gasteiger partial charge in [0.1, 0.15) is 0 Å². The minimum atomic E-state index is -0.406.